The molecule has 0 bridgehead atoms. The van der Waals surface area contributed by atoms with Crippen molar-refractivity contribution >= 4 is 11.8 Å². The minimum Gasteiger partial charge on any atom is -0.394 e. The van der Waals surface area contributed by atoms with Crippen LogP contribution in [0.2, 0.25) is 0 Å². The molecule has 0 aliphatic heterocycles. The Morgan fingerprint density at radius 3 is 2.63 bits per heavy atom. The number of aliphatic hydroxyl groups excluding tert-OH is 1. The van der Waals surface area contributed by atoms with Crippen molar-refractivity contribution in [3.8, 4) is 0 Å². The van der Waals surface area contributed by atoms with Crippen molar-refractivity contribution in [1.29, 1.82) is 0 Å². The van der Waals surface area contributed by atoms with Crippen molar-refractivity contribution in [3.63, 3.8) is 0 Å². The zero-order valence-electron chi connectivity index (χ0n) is 11.5. The molecular formula is C13H24N2O4. The highest BCUT2D eigenvalue weighted by molar-refractivity contribution is 6.35. The zero-order valence-corrected chi connectivity index (χ0v) is 11.5. The summed E-state index contributed by atoms with van der Waals surface area (Å²) in [6.45, 7) is 2.85. The molecule has 0 aromatic carbocycles. The summed E-state index contributed by atoms with van der Waals surface area (Å²) in [6.07, 6.45) is 4.34. The van der Waals surface area contributed by atoms with Crippen LogP contribution in [-0.4, -0.2) is 49.3 Å². The first-order valence-corrected chi connectivity index (χ1v) is 6.92. The van der Waals surface area contributed by atoms with Gasteiger partial charge in [0.2, 0.25) is 0 Å². The lowest BCUT2D eigenvalue weighted by Crippen LogP contribution is -2.48. The van der Waals surface area contributed by atoms with Crippen LogP contribution in [0, 0.1) is 5.92 Å². The maximum atomic E-state index is 11.7. The van der Waals surface area contributed by atoms with E-state index in [-0.39, 0.29) is 25.8 Å². The topological polar surface area (TPSA) is 87.7 Å². The third kappa shape index (κ3) is 6.02. The predicted octanol–water partition coefficient (Wildman–Crippen LogP) is -0.194. The van der Waals surface area contributed by atoms with Crippen molar-refractivity contribution < 1.29 is 19.4 Å². The molecular weight excluding hydrogens is 248 g/mol. The lowest BCUT2D eigenvalue weighted by molar-refractivity contribution is -0.140. The van der Waals surface area contributed by atoms with Gasteiger partial charge >= 0.3 is 11.8 Å². The summed E-state index contributed by atoms with van der Waals surface area (Å²) < 4.78 is 4.98. The van der Waals surface area contributed by atoms with E-state index < -0.39 is 11.8 Å². The summed E-state index contributed by atoms with van der Waals surface area (Å²) in [5, 5.41) is 13.8. The van der Waals surface area contributed by atoms with Crippen molar-refractivity contribution in [2.45, 2.75) is 38.6 Å². The van der Waals surface area contributed by atoms with Gasteiger partial charge in [-0.1, -0.05) is 19.8 Å². The normalized spacial score (nSPS) is 22.8. The van der Waals surface area contributed by atoms with E-state index in [1.54, 1.807) is 0 Å². The van der Waals surface area contributed by atoms with Gasteiger partial charge < -0.3 is 20.5 Å². The predicted molar refractivity (Wildman–Crippen MR) is 70.5 cm³/mol. The number of ether oxygens (including phenoxy) is 1. The third-order valence-corrected chi connectivity index (χ3v) is 3.40. The fourth-order valence-corrected chi connectivity index (χ4v) is 2.25. The zero-order chi connectivity index (χ0) is 14.1. The van der Waals surface area contributed by atoms with Gasteiger partial charge in [0.05, 0.1) is 19.8 Å². The van der Waals surface area contributed by atoms with Gasteiger partial charge in [-0.25, -0.2) is 0 Å². The number of nitrogens with one attached hydrogen (secondary N) is 2. The minimum atomic E-state index is -0.620. The molecule has 0 saturated heterocycles. The average molecular weight is 272 g/mol. The Kier molecular flexibility index (Phi) is 7.43. The molecule has 110 valence electrons. The summed E-state index contributed by atoms with van der Waals surface area (Å²) >= 11 is 0. The van der Waals surface area contributed by atoms with Crippen LogP contribution in [-0.2, 0) is 14.3 Å². The Labute approximate surface area is 113 Å². The molecule has 3 N–H and O–H groups in total. The number of carbonyl (C=O) groups is 2. The van der Waals surface area contributed by atoms with Gasteiger partial charge in [0, 0.05) is 12.6 Å². The second-order valence-electron chi connectivity index (χ2n) is 4.93. The lowest BCUT2D eigenvalue weighted by atomic mass is 9.86. The van der Waals surface area contributed by atoms with E-state index in [0.717, 1.165) is 19.3 Å². The molecule has 1 fully saturated rings. The van der Waals surface area contributed by atoms with E-state index in [0.29, 0.717) is 12.5 Å². The number of carbonyl (C=O) groups excluding carboxylic acids is 2. The first-order valence-electron chi connectivity index (χ1n) is 6.92. The molecule has 0 radical (unpaired) electrons. The molecule has 2 unspecified atom stereocenters. The van der Waals surface area contributed by atoms with Crippen LogP contribution < -0.4 is 10.6 Å². The number of hydrogen-bond donors (Lipinski definition) is 3. The fraction of sp³-hybridized carbons (Fsp3) is 0.846. The number of aliphatic hydroxyl groups is 1. The molecule has 1 saturated carbocycles. The molecule has 1 aliphatic rings. The molecule has 6 nitrogen and oxygen atoms in total. The third-order valence-electron chi connectivity index (χ3n) is 3.40. The van der Waals surface area contributed by atoms with Gasteiger partial charge in [0.15, 0.2) is 0 Å². The second-order valence-corrected chi connectivity index (χ2v) is 4.93. The van der Waals surface area contributed by atoms with Gasteiger partial charge in [-0.3, -0.25) is 9.59 Å². The summed E-state index contributed by atoms with van der Waals surface area (Å²) in [7, 11) is 0. The first kappa shape index (κ1) is 15.9. The molecule has 2 amide bonds. The first-order chi connectivity index (χ1) is 9.15. The Morgan fingerprint density at radius 1 is 1.21 bits per heavy atom. The highest BCUT2D eigenvalue weighted by Gasteiger charge is 2.25. The number of amides is 2. The number of hydrogen-bond acceptors (Lipinski definition) is 4. The van der Waals surface area contributed by atoms with E-state index in [1.807, 2.05) is 0 Å². The molecule has 0 aromatic rings. The Balaban J connectivity index is 2.19. The van der Waals surface area contributed by atoms with Crippen molar-refractivity contribution in [1.82, 2.24) is 10.6 Å². The maximum Gasteiger partial charge on any atom is 0.309 e. The quantitative estimate of drug-likeness (QED) is 0.462. The van der Waals surface area contributed by atoms with Gasteiger partial charge in [-0.05, 0) is 18.8 Å². The summed E-state index contributed by atoms with van der Waals surface area (Å²) in [5.74, 6) is -0.760. The van der Waals surface area contributed by atoms with Crippen molar-refractivity contribution in [3.05, 3.63) is 0 Å². The van der Waals surface area contributed by atoms with Crippen LogP contribution in [0.25, 0.3) is 0 Å². The highest BCUT2D eigenvalue weighted by Crippen LogP contribution is 2.23. The molecule has 19 heavy (non-hydrogen) atoms. The molecule has 1 aliphatic carbocycles. The van der Waals surface area contributed by atoms with Crippen molar-refractivity contribution in [2.24, 2.45) is 5.92 Å². The van der Waals surface area contributed by atoms with E-state index in [9.17, 15) is 9.59 Å². The Hall–Kier alpha value is -1.14. The van der Waals surface area contributed by atoms with Gasteiger partial charge in [-0.15, -0.1) is 0 Å². The molecule has 0 aromatic heterocycles. The smallest absolute Gasteiger partial charge is 0.309 e. The Morgan fingerprint density at radius 2 is 1.95 bits per heavy atom. The lowest BCUT2D eigenvalue weighted by Gasteiger charge is -2.29. The second kappa shape index (κ2) is 8.87. The van der Waals surface area contributed by atoms with Crippen LogP contribution >= 0.6 is 0 Å². The maximum absolute atomic E-state index is 11.7. The fourth-order valence-electron chi connectivity index (χ4n) is 2.25. The van der Waals surface area contributed by atoms with E-state index in [2.05, 4.69) is 17.6 Å². The van der Waals surface area contributed by atoms with E-state index >= 15 is 0 Å². The van der Waals surface area contributed by atoms with Crippen LogP contribution in [0.1, 0.15) is 32.6 Å². The van der Waals surface area contributed by atoms with E-state index in [4.69, 9.17) is 9.84 Å². The highest BCUT2D eigenvalue weighted by atomic mass is 16.5. The largest absolute Gasteiger partial charge is 0.394 e. The van der Waals surface area contributed by atoms with Gasteiger partial charge in [0.25, 0.3) is 0 Å². The standard InChI is InChI=1S/C13H24N2O4/c1-10-4-2-3-5-11(10)15-13(18)12(17)14-6-8-19-9-7-16/h10-11,16H,2-9H2,1H3,(H,14,17)(H,15,18). The monoisotopic (exact) mass is 272 g/mol. The van der Waals surface area contributed by atoms with Crippen LogP contribution in [0.15, 0.2) is 0 Å². The average Bonchev–Trinajstić information content (AvgIpc) is 2.41. The van der Waals surface area contributed by atoms with Gasteiger partial charge in [0.1, 0.15) is 0 Å². The van der Waals surface area contributed by atoms with Crippen LogP contribution in [0.5, 0.6) is 0 Å². The summed E-state index contributed by atoms with van der Waals surface area (Å²) in [4.78, 5) is 23.2. The summed E-state index contributed by atoms with van der Waals surface area (Å²) in [5.41, 5.74) is 0. The summed E-state index contributed by atoms with van der Waals surface area (Å²) in [6, 6.07) is 0.109. The molecule has 6 heteroatoms. The van der Waals surface area contributed by atoms with Crippen LogP contribution in [0.4, 0.5) is 0 Å². The number of rotatable bonds is 6. The van der Waals surface area contributed by atoms with E-state index in [1.165, 1.54) is 6.42 Å². The minimum absolute atomic E-state index is 0.0476. The van der Waals surface area contributed by atoms with Crippen LogP contribution in [0.3, 0.4) is 0 Å². The molecule has 1 rings (SSSR count). The molecule has 0 spiro atoms. The Bertz CT molecular complexity index is 296. The van der Waals surface area contributed by atoms with Crippen molar-refractivity contribution in [2.75, 3.05) is 26.4 Å². The molecule has 0 heterocycles. The molecule has 2 atom stereocenters. The SMILES string of the molecule is CC1CCCCC1NC(=O)C(=O)NCCOCCO. The van der Waals surface area contributed by atoms with Gasteiger partial charge in [-0.2, -0.15) is 0 Å².